The Morgan fingerprint density at radius 2 is 1.94 bits per heavy atom. The van der Waals surface area contributed by atoms with Crippen LogP contribution in [0.5, 0.6) is 5.75 Å². The average Bonchev–Trinajstić information content (AvgIpc) is 2.78. The zero-order valence-corrected chi connectivity index (χ0v) is 8.71. The maximum atomic E-state index is 8.93. The highest BCUT2D eigenvalue weighted by Gasteiger charge is 2.08. The second-order valence-corrected chi connectivity index (χ2v) is 3.31. The highest BCUT2D eigenvalue weighted by atomic mass is 16.5. The normalized spacial score (nSPS) is 10.8. The molecule has 2 aromatic rings. The van der Waals surface area contributed by atoms with Gasteiger partial charge in [0.2, 0.25) is 0 Å². The summed E-state index contributed by atoms with van der Waals surface area (Å²) >= 11 is 0. The summed E-state index contributed by atoms with van der Waals surface area (Å²) in [4.78, 5) is 0. The van der Waals surface area contributed by atoms with Gasteiger partial charge in [0, 0.05) is 5.56 Å². The number of aliphatic hydroxyl groups excluding tert-OH is 1. The van der Waals surface area contributed by atoms with E-state index in [1.165, 1.54) is 0 Å². The molecule has 1 heterocycles. The number of hydrogen-bond acceptors (Lipinski definition) is 4. The molecule has 0 saturated heterocycles. The van der Waals surface area contributed by atoms with Crippen molar-refractivity contribution in [2.75, 3.05) is 7.11 Å². The molecule has 0 radical (unpaired) electrons. The quantitative estimate of drug-likeness (QED) is 0.676. The van der Waals surface area contributed by atoms with E-state index in [2.05, 4.69) is 10.2 Å². The molecule has 0 amide bonds. The van der Waals surface area contributed by atoms with Crippen molar-refractivity contribution in [2.24, 2.45) is 0 Å². The van der Waals surface area contributed by atoms with Gasteiger partial charge in [-0.1, -0.05) is 0 Å². The van der Waals surface area contributed by atoms with Crippen LogP contribution in [0.1, 0.15) is 12.0 Å². The molecule has 0 saturated carbocycles. The first-order chi connectivity index (χ1) is 7.70. The Bertz CT molecular complexity index is 462. The number of H-pyrrole nitrogens is 1. The van der Waals surface area contributed by atoms with Crippen LogP contribution in [0.25, 0.3) is 11.3 Å². The monoisotopic (exact) mass is 220 g/mol. The highest BCUT2D eigenvalue weighted by molar-refractivity contribution is 5.60. The van der Waals surface area contributed by atoms with Crippen molar-refractivity contribution in [3.05, 3.63) is 36.0 Å². The minimum Gasteiger partial charge on any atom is -0.497 e. The molecular weight excluding hydrogens is 208 g/mol. The van der Waals surface area contributed by atoms with Gasteiger partial charge in [0.05, 0.1) is 18.5 Å². The summed E-state index contributed by atoms with van der Waals surface area (Å²) in [6.07, 6.45) is -1.53. The fourth-order valence-corrected chi connectivity index (χ4v) is 1.38. The number of nitrogens with zero attached hydrogens (tertiary/aromatic N) is 1. The number of rotatable bonds is 3. The van der Waals surface area contributed by atoms with Crippen molar-refractivity contribution in [1.82, 2.24) is 10.2 Å². The predicted octanol–water partition coefficient (Wildman–Crippen LogP) is 1.07. The molecule has 0 aliphatic carbocycles. The first kappa shape index (κ1) is 10.7. The van der Waals surface area contributed by atoms with E-state index in [0.717, 1.165) is 11.3 Å². The topological polar surface area (TPSA) is 78.4 Å². The van der Waals surface area contributed by atoms with Gasteiger partial charge in [0.15, 0.2) is 6.29 Å². The molecule has 0 bridgehead atoms. The molecule has 0 aliphatic rings. The lowest BCUT2D eigenvalue weighted by atomic mass is 10.1. The van der Waals surface area contributed by atoms with E-state index < -0.39 is 6.29 Å². The van der Waals surface area contributed by atoms with Crippen LogP contribution in [-0.2, 0) is 0 Å². The Hall–Kier alpha value is -1.85. The molecule has 0 atom stereocenters. The lowest BCUT2D eigenvalue weighted by Gasteiger charge is -2.00. The zero-order valence-electron chi connectivity index (χ0n) is 8.71. The van der Waals surface area contributed by atoms with Crippen molar-refractivity contribution in [2.45, 2.75) is 6.29 Å². The van der Waals surface area contributed by atoms with Crippen molar-refractivity contribution in [3.8, 4) is 17.0 Å². The molecule has 84 valence electrons. The van der Waals surface area contributed by atoms with Gasteiger partial charge in [-0.05, 0) is 30.3 Å². The number of nitrogens with one attached hydrogen (secondary N) is 1. The zero-order chi connectivity index (χ0) is 11.5. The van der Waals surface area contributed by atoms with E-state index in [9.17, 15) is 0 Å². The van der Waals surface area contributed by atoms with E-state index >= 15 is 0 Å². The molecule has 0 aliphatic heterocycles. The largest absolute Gasteiger partial charge is 0.497 e. The molecule has 1 aromatic heterocycles. The summed E-state index contributed by atoms with van der Waals surface area (Å²) in [5.74, 6) is 0.765. The second-order valence-electron chi connectivity index (χ2n) is 3.31. The molecule has 0 unspecified atom stereocenters. The van der Waals surface area contributed by atoms with E-state index in [0.29, 0.717) is 5.69 Å². The SMILES string of the molecule is COc1ccc(-c2cc(C(O)O)[nH]n2)cc1. The van der Waals surface area contributed by atoms with Gasteiger partial charge in [0.25, 0.3) is 0 Å². The lowest BCUT2D eigenvalue weighted by molar-refractivity contribution is -0.0458. The van der Waals surface area contributed by atoms with Crippen LogP contribution in [0.15, 0.2) is 30.3 Å². The third-order valence-corrected chi connectivity index (χ3v) is 2.26. The Labute approximate surface area is 92.3 Å². The van der Waals surface area contributed by atoms with Crippen LogP contribution in [0.2, 0.25) is 0 Å². The molecule has 16 heavy (non-hydrogen) atoms. The molecule has 0 spiro atoms. The highest BCUT2D eigenvalue weighted by Crippen LogP contribution is 2.22. The number of benzene rings is 1. The fraction of sp³-hybridized carbons (Fsp3) is 0.182. The van der Waals surface area contributed by atoms with Crippen LogP contribution in [-0.4, -0.2) is 27.5 Å². The van der Waals surface area contributed by atoms with Crippen LogP contribution in [0, 0.1) is 0 Å². The maximum Gasteiger partial charge on any atom is 0.195 e. The van der Waals surface area contributed by atoms with Crippen LogP contribution < -0.4 is 4.74 Å². The summed E-state index contributed by atoms with van der Waals surface area (Å²) in [6.45, 7) is 0. The summed E-state index contributed by atoms with van der Waals surface area (Å²) in [6, 6.07) is 8.93. The molecule has 0 fully saturated rings. The molecule has 5 heteroatoms. The van der Waals surface area contributed by atoms with Gasteiger partial charge < -0.3 is 14.9 Å². The maximum absolute atomic E-state index is 8.93. The number of aliphatic hydroxyl groups is 2. The minimum atomic E-state index is -1.53. The van der Waals surface area contributed by atoms with Gasteiger partial charge in [-0.3, -0.25) is 5.10 Å². The van der Waals surface area contributed by atoms with Gasteiger partial charge in [-0.2, -0.15) is 5.10 Å². The molecule has 1 aromatic carbocycles. The third kappa shape index (κ3) is 2.05. The Kier molecular flexibility index (Phi) is 2.89. The van der Waals surface area contributed by atoms with E-state index in [4.69, 9.17) is 14.9 Å². The lowest BCUT2D eigenvalue weighted by Crippen LogP contribution is -1.93. The van der Waals surface area contributed by atoms with E-state index in [-0.39, 0.29) is 5.69 Å². The Morgan fingerprint density at radius 3 is 2.44 bits per heavy atom. The standard InChI is InChI=1S/C11H12N2O3/c1-16-8-4-2-7(3-5-8)9-6-10(11(14)15)13-12-9/h2-6,11,14-15H,1H3,(H,12,13). The summed E-state index contributed by atoms with van der Waals surface area (Å²) in [5, 5.41) is 24.4. The van der Waals surface area contributed by atoms with Crippen molar-refractivity contribution in [1.29, 1.82) is 0 Å². The summed E-state index contributed by atoms with van der Waals surface area (Å²) in [7, 11) is 1.60. The summed E-state index contributed by atoms with van der Waals surface area (Å²) in [5.41, 5.74) is 1.81. The van der Waals surface area contributed by atoms with Gasteiger partial charge >= 0.3 is 0 Å². The second kappa shape index (κ2) is 4.34. The van der Waals surface area contributed by atoms with Gasteiger partial charge in [-0.15, -0.1) is 0 Å². The molecule has 5 nitrogen and oxygen atoms in total. The number of aromatic amines is 1. The van der Waals surface area contributed by atoms with Crippen molar-refractivity contribution in [3.63, 3.8) is 0 Å². The number of methoxy groups -OCH3 is 1. The number of aromatic nitrogens is 2. The predicted molar refractivity (Wildman–Crippen MR) is 57.8 cm³/mol. The molecule has 2 rings (SSSR count). The molecular formula is C11H12N2O3. The smallest absolute Gasteiger partial charge is 0.195 e. The number of ether oxygens (including phenoxy) is 1. The van der Waals surface area contributed by atoms with E-state index in [1.807, 2.05) is 24.3 Å². The van der Waals surface area contributed by atoms with Crippen LogP contribution >= 0.6 is 0 Å². The minimum absolute atomic E-state index is 0.269. The van der Waals surface area contributed by atoms with Gasteiger partial charge in [0.1, 0.15) is 5.75 Å². The van der Waals surface area contributed by atoms with Gasteiger partial charge in [-0.25, -0.2) is 0 Å². The fourth-order valence-electron chi connectivity index (χ4n) is 1.38. The third-order valence-electron chi connectivity index (χ3n) is 2.26. The Balaban J connectivity index is 2.28. The number of hydrogen-bond donors (Lipinski definition) is 3. The van der Waals surface area contributed by atoms with Crippen molar-refractivity contribution < 1.29 is 14.9 Å². The average molecular weight is 220 g/mol. The Morgan fingerprint density at radius 1 is 1.25 bits per heavy atom. The van der Waals surface area contributed by atoms with Crippen LogP contribution in [0.3, 0.4) is 0 Å². The van der Waals surface area contributed by atoms with Crippen molar-refractivity contribution >= 4 is 0 Å². The van der Waals surface area contributed by atoms with Crippen LogP contribution in [0.4, 0.5) is 0 Å². The first-order valence-corrected chi connectivity index (χ1v) is 4.76. The summed E-state index contributed by atoms with van der Waals surface area (Å²) < 4.78 is 5.04. The molecule has 3 N–H and O–H groups in total. The van der Waals surface area contributed by atoms with E-state index in [1.54, 1.807) is 13.2 Å². The first-order valence-electron chi connectivity index (χ1n) is 4.76.